The third-order valence-electron chi connectivity index (χ3n) is 7.23. The molecule has 1 aliphatic carbocycles. The first-order chi connectivity index (χ1) is 20.1. The molecule has 224 valence electrons. The molecular weight excluding hydrogens is 625 g/mol. The largest absolute Gasteiger partial charge is 0.494 e. The summed E-state index contributed by atoms with van der Waals surface area (Å²) in [5.41, 5.74) is 0.994. The molecule has 0 aliphatic heterocycles. The minimum absolute atomic E-state index is 0.0574. The van der Waals surface area contributed by atoms with Gasteiger partial charge in [-0.25, -0.2) is 12.8 Å². The van der Waals surface area contributed by atoms with Gasteiger partial charge in [-0.15, -0.1) is 0 Å². The van der Waals surface area contributed by atoms with E-state index >= 15 is 0 Å². The van der Waals surface area contributed by atoms with Gasteiger partial charge < -0.3 is 15.0 Å². The van der Waals surface area contributed by atoms with Crippen LogP contribution in [-0.2, 0) is 26.2 Å². The molecule has 1 atom stereocenters. The van der Waals surface area contributed by atoms with E-state index in [9.17, 15) is 22.4 Å². The van der Waals surface area contributed by atoms with Crippen LogP contribution < -0.4 is 14.4 Å². The molecule has 0 spiro atoms. The summed E-state index contributed by atoms with van der Waals surface area (Å²) in [5.74, 6) is -0.900. The number of hydrogen-bond donors (Lipinski definition) is 1. The highest BCUT2D eigenvalue weighted by Gasteiger charge is 2.33. The molecular formula is C31H35BrFN3O5S. The topological polar surface area (TPSA) is 96.0 Å². The summed E-state index contributed by atoms with van der Waals surface area (Å²) in [6, 6.07) is 17.3. The molecule has 2 amide bonds. The Bertz CT molecular complexity index is 1480. The zero-order valence-electron chi connectivity index (χ0n) is 23.6. The second-order valence-electron chi connectivity index (χ2n) is 10.2. The molecule has 0 unspecified atom stereocenters. The number of benzene rings is 3. The highest BCUT2D eigenvalue weighted by atomic mass is 79.9. The fraction of sp³-hybridized carbons (Fsp3) is 0.355. The Morgan fingerprint density at radius 2 is 1.71 bits per heavy atom. The van der Waals surface area contributed by atoms with Gasteiger partial charge in [0.15, 0.2) is 0 Å². The van der Waals surface area contributed by atoms with E-state index < -0.39 is 34.3 Å². The van der Waals surface area contributed by atoms with Crippen LogP contribution in [0.5, 0.6) is 5.75 Å². The molecule has 0 radical (unpaired) electrons. The van der Waals surface area contributed by atoms with Crippen molar-refractivity contribution in [1.29, 1.82) is 0 Å². The maximum absolute atomic E-state index is 14.0. The summed E-state index contributed by atoms with van der Waals surface area (Å²) < 4.78 is 48.7. The highest BCUT2D eigenvalue weighted by Crippen LogP contribution is 2.27. The quantitative estimate of drug-likeness (QED) is 0.271. The molecule has 1 fully saturated rings. The number of halogens is 2. The molecule has 8 nitrogen and oxygen atoms in total. The zero-order chi connectivity index (χ0) is 30.3. The van der Waals surface area contributed by atoms with E-state index in [1.54, 1.807) is 31.2 Å². The predicted octanol–water partition coefficient (Wildman–Crippen LogP) is 5.66. The summed E-state index contributed by atoms with van der Waals surface area (Å²) >= 11 is 3.45. The Morgan fingerprint density at radius 1 is 1.05 bits per heavy atom. The van der Waals surface area contributed by atoms with Gasteiger partial charge in [0, 0.05) is 17.1 Å². The van der Waals surface area contributed by atoms with Crippen molar-refractivity contribution in [3.8, 4) is 5.75 Å². The number of nitrogens with zero attached hydrogens (tertiary/aromatic N) is 2. The van der Waals surface area contributed by atoms with E-state index in [-0.39, 0.29) is 29.1 Å². The van der Waals surface area contributed by atoms with Crippen LogP contribution in [-0.4, -0.2) is 50.4 Å². The van der Waals surface area contributed by atoms with E-state index in [4.69, 9.17) is 4.74 Å². The van der Waals surface area contributed by atoms with Crippen LogP contribution in [0.25, 0.3) is 0 Å². The lowest BCUT2D eigenvalue weighted by molar-refractivity contribution is -0.139. The van der Waals surface area contributed by atoms with Crippen LogP contribution >= 0.6 is 15.9 Å². The summed E-state index contributed by atoms with van der Waals surface area (Å²) in [7, 11) is -4.30. The summed E-state index contributed by atoms with van der Waals surface area (Å²) in [5, 5.41) is 3.05. The molecule has 11 heteroatoms. The van der Waals surface area contributed by atoms with Crippen LogP contribution in [0.4, 0.5) is 10.1 Å². The second kappa shape index (κ2) is 14.2. The first-order valence-corrected chi connectivity index (χ1v) is 16.2. The molecule has 1 N–H and O–H groups in total. The minimum atomic E-state index is -4.30. The first kappa shape index (κ1) is 31.5. The monoisotopic (exact) mass is 659 g/mol. The zero-order valence-corrected chi connectivity index (χ0v) is 26.0. The molecule has 1 saturated carbocycles. The highest BCUT2D eigenvalue weighted by molar-refractivity contribution is 9.10. The number of amides is 2. The van der Waals surface area contributed by atoms with Crippen molar-refractivity contribution in [2.75, 3.05) is 17.5 Å². The molecule has 4 rings (SSSR count). The fourth-order valence-electron chi connectivity index (χ4n) is 4.94. The molecule has 3 aromatic carbocycles. The number of hydrogen-bond acceptors (Lipinski definition) is 5. The number of carbonyl (C=O) groups is 2. The lowest BCUT2D eigenvalue weighted by Gasteiger charge is -2.32. The van der Waals surface area contributed by atoms with Crippen LogP contribution in [0.3, 0.4) is 0 Å². The average molecular weight is 661 g/mol. The van der Waals surface area contributed by atoms with Gasteiger partial charge in [-0.2, -0.15) is 0 Å². The van der Waals surface area contributed by atoms with Crippen LogP contribution in [0.15, 0.2) is 82.2 Å². The number of sulfonamides is 1. The Kier molecular flexibility index (Phi) is 10.6. The van der Waals surface area contributed by atoms with Crippen LogP contribution in [0.1, 0.15) is 45.1 Å². The van der Waals surface area contributed by atoms with Gasteiger partial charge in [-0.1, -0.05) is 40.9 Å². The minimum Gasteiger partial charge on any atom is -0.494 e. The van der Waals surface area contributed by atoms with Crippen LogP contribution in [0, 0.1) is 5.82 Å². The van der Waals surface area contributed by atoms with Gasteiger partial charge in [0.25, 0.3) is 10.0 Å². The van der Waals surface area contributed by atoms with Crippen LogP contribution in [0.2, 0.25) is 0 Å². The summed E-state index contributed by atoms with van der Waals surface area (Å²) in [4.78, 5) is 28.6. The van der Waals surface area contributed by atoms with Gasteiger partial charge in [-0.3, -0.25) is 13.9 Å². The number of anilines is 1. The Morgan fingerprint density at radius 3 is 2.33 bits per heavy atom. The smallest absolute Gasteiger partial charge is 0.264 e. The standard InChI is InChI=1S/C31H35BrFN3O5S/c1-3-41-28-15-13-27(14-16-28)36(42(39,40)29-17-11-25(33)12-18-29)21-30(37)35(20-23-7-6-8-24(32)19-23)22(2)31(38)34-26-9-4-5-10-26/h6-8,11-19,22,26H,3-5,9-10,20-21H2,1-2H3,(H,34,38)/t22-/m1/s1. The fourth-order valence-corrected chi connectivity index (χ4v) is 6.81. The maximum atomic E-state index is 14.0. The first-order valence-electron chi connectivity index (χ1n) is 13.9. The SMILES string of the molecule is CCOc1ccc(N(CC(=O)N(Cc2cccc(Br)c2)[C@H](C)C(=O)NC2CCCC2)S(=O)(=O)c2ccc(F)cc2)cc1. The van der Waals surface area contributed by atoms with E-state index in [1.165, 1.54) is 4.90 Å². The molecule has 0 saturated heterocycles. The number of rotatable bonds is 12. The van der Waals surface area contributed by atoms with Crippen molar-refractivity contribution in [2.24, 2.45) is 0 Å². The number of carbonyl (C=O) groups excluding carboxylic acids is 2. The molecule has 3 aromatic rings. The molecule has 0 aromatic heterocycles. The number of ether oxygens (including phenoxy) is 1. The van der Waals surface area contributed by atoms with Gasteiger partial charge in [0.05, 0.1) is 17.2 Å². The van der Waals surface area contributed by atoms with E-state index in [1.807, 2.05) is 31.2 Å². The number of nitrogens with one attached hydrogen (secondary N) is 1. The lowest BCUT2D eigenvalue weighted by Crippen LogP contribution is -2.52. The van der Waals surface area contributed by atoms with Gasteiger partial charge >= 0.3 is 0 Å². The predicted molar refractivity (Wildman–Crippen MR) is 163 cm³/mol. The molecule has 0 bridgehead atoms. The summed E-state index contributed by atoms with van der Waals surface area (Å²) in [6.07, 6.45) is 3.86. The average Bonchev–Trinajstić information content (AvgIpc) is 3.48. The van der Waals surface area contributed by atoms with Crippen molar-refractivity contribution in [3.63, 3.8) is 0 Å². The molecule has 0 heterocycles. The van der Waals surface area contributed by atoms with Crippen molar-refractivity contribution < 1.29 is 27.1 Å². The Labute approximate surface area is 255 Å². The van der Waals surface area contributed by atoms with Gasteiger partial charge in [-0.05, 0) is 92.9 Å². The van der Waals surface area contributed by atoms with Gasteiger partial charge in [0.1, 0.15) is 24.2 Å². The van der Waals surface area contributed by atoms with Crippen molar-refractivity contribution in [2.45, 2.75) is 63.1 Å². The van der Waals surface area contributed by atoms with Crippen molar-refractivity contribution in [3.05, 3.63) is 88.6 Å². The van der Waals surface area contributed by atoms with E-state index in [0.717, 1.165) is 64.3 Å². The normalized spacial score (nSPS) is 14.3. The molecule has 42 heavy (non-hydrogen) atoms. The third kappa shape index (κ3) is 7.89. The van der Waals surface area contributed by atoms with Crippen molar-refractivity contribution in [1.82, 2.24) is 10.2 Å². The van der Waals surface area contributed by atoms with Crippen molar-refractivity contribution >= 4 is 43.5 Å². The summed E-state index contributed by atoms with van der Waals surface area (Å²) in [6.45, 7) is 3.42. The Hall–Kier alpha value is -3.44. The Balaban J connectivity index is 1.69. The van der Waals surface area contributed by atoms with E-state index in [0.29, 0.717) is 12.4 Å². The second-order valence-corrected chi connectivity index (χ2v) is 13.0. The van der Waals surface area contributed by atoms with E-state index in [2.05, 4.69) is 21.2 Å². The molecule has 1 aliphatic rings. The third-order valence-corrected chi connectivity index (χ3v) is 9.51. The lowest BCUT2D eigenvalue weighted by atomic mass is 10.1. The van der Waals surface area contributed by atoms with Gasteiger partial charge in [0.2, 0.25) is 11.8 Å². The maximum Gasteiger partial charge on any atom is 0.264 e.